The van der Waals surface area contributed by atoms with Crippen molar-refractivity contribution in [2.75, 3.05) is 11.9 Å². The van der Waals surface area contributed by atoms with Crippen molar-refractivity contribution in [1.29, 1.82) is 0 Å². The van der Waals surface area contributed by atoms with Gasteiger partial charge >= 0.3 is 0 Å². The minimum atomic E-state index is -0.287. The fraction of sp³-hybridized carbons (Fsp3) is 0.375. The summed E-state index contributed by atoms with van der Waals surface area (Å²) < 4.78 is 19.4. The minimum absolute atomic E-state index is 0.287. The molecule has 1 aromatic heterocycles. The average Bonchev–Trinajstić information content (AvgIpc) is 2.46. The topological polar surface area (TPSA) is 47.0 Å². The summed E-state index contributed by atoms with van der Waals surface area (Å²) in [6.45, 7) is 6.58. The van der Waals surface area contributed by atoms with Gasteiger partial charge in [0.1, 0.15) is 23.7 Å². The van der Waals surface area contributed by atoms with Crippen LogP contribution in [-0.2, 0) is 6.42 Å². The molecule has 0 spiro atoms. The van der Waals surface area contributed by atoms with Gasteiger partial charge in [-0.05, 0) is 31.9 Å². The fourth-order valence-corrected chi connectivity index (χ4v) is 2.03. The van der Waals surface area contributed by atoms with Crippen LogP contribution < -0.4 is 10.1 Å². The number of aryl methyl sites for hydroxylation is 1. The van der Waals surface area contributed by atoms with Gasteiger partial charge in [-0.15, -0.1) is 0 Å². The molecule has 0 bridgehead atoms. The first kappa shape index (κ1) is 15.2. The average molecular weight is 289 g/mol. The molecular formula is C16H20FN3O. The molecule has 0 aliphatic rings. The normalized spacial score (nSPS) is 10.5. The van der Waals surface area contributed by atoms with Gasteiger partial charge in [-0.1, -0.05) is 19.4 Å². The van der Waals surface area contributed by atoms with Crippen molar-refractivity contribution in [3.05, 3.63) is 41.5 Å². The maximum atomic E-state index is 13.6. The van der Waals surface area contributed by atoms with Crippen LogP contribution in [0.3, 0.4) is 0 Å². The predicted molar refractivity (Wildman–Crippen MR) is 81.4 cm³/mol. The lowest BCUT2D eigenvalue weighted by Gasteiger charge is -2.13. The highest BCUT2D eigenvalue weighted by atomic mass is 19.1. The molecule has 1 heterocycles. The molecule has 112 valence electrons. The highest BCUT2D eigenvalue weighted by molar-refractivity contribution is 5.49. The van der Waals surface area contributed by atoms with Gasteiger partial charge in [-0.2, -0.15) is 0 Å². The van der Waals surface area contributed by atoms with Crippen molar-refractivity contribution in [2.45, 2.75) is 33.6 Å². The minimum Gasteiger partial charge on any atom is -0.438 e. The molecule has 0 atom stereocenters. The molecule has 0 aliphatic heterocycles. The van der Waals surface area contributed by atoms with E-state index < -0.39 is 0 Å². The quantitative estimate of drug-likeness (QED) is 0.869. The van der Waals surface area contributed by atoms with E-state index in [2.05, 4.69) is 22.2 Å². The Morgan fingerprint density at radius 3 is 2.71 bits per heavy atom. The summed E-state index contributed by atoms with van der Waals surface area (Å²) in [5, 5.41) is 3.20. The molecular weight excluding hydrogens is 269 g/mol. The summed E-state index contributed by atoms with van der Waals surface area (Å²) >= 11 is 0. The molecule has 4 nitrogen and oxygen atoms in total. The van der Waals surface area contributed by atoms with Crippen molar-refractivity contribution in [3.8, 4) is 11.6 Å². The van der Waals surface area contributed by atoms with E-state index in [9.17, 15) is 4.39 Å². The zero-order chi connectivity index (χ0) is 15.2. The number of benzene rings is 1. The molecule has 0 fully saturated rings. The van der Waals surface area contributed by atoms with Crippen LogP contribution in [0.1, 0.15) is 31.4 Å². The van der Waals surface area contributed by atoms with Gasteiger partial charge in [0.25, 0.3) is 0 Å². The van der Waals surface area contributed by atoms with Crippen LogP contribution >= 0.6 is 0 Å². The zero-order valence-electron chi connectivity index (χ0n) is 12.6. The Bertz CT molecular complexity index is 616. The molecule has 2 rings (SSSR count). The first-order valence-electron chi connectivity index (χ1n) is 7.17. The summed E-state index contributed by atoms with van der Waals surface area (Å²) in [4.78, 5) is 8.44. The van der Waals surface area contributed by atoms with Gasteiger partial charge in [0, 0.05) is 12.6 Å². The molecule has 1 aromatic carbocycles. The molecule has 2 aromatic rings. The van der Waals surface area contributed by atoms with E-state index in [4.69, 9.17) is 4.74 Å². The summed E-state index contributed by atoms with van der Waals surface area (Å²) in [5.41, 5.74) is 1.51. The molecule has 0 unspecified atom stereocenters. The Morgan fingerprint density at radius 2 is 2.05 bits per heavy atom. The van der Waals surface area contributed by atoms with Crippen LogP contribution in [0.15, 0.2) is 24.5 Å². The third-order valence-corrected chi connectivity index (χ3v) is 3.11. The number of aromatic nitrogens is 2. The molecule has 0 amide bonds. The summed E-state index contributed by atoms with van der Waals surface area (Å²) in [6, 6.07) is 4.81. The van der Waals surface area contributed by atoms with Gasteiger partial charge in [0.15, 0.2) is 0 Å². The van der Waals surface area contributed by atoms with Crippen LogP contribution in [0.4, 0.5) is 10.2 Å². The smallest absolute Gasteiger partial charge is 0.227 e. The number of anilines is 1. The summed E-state index contributed by atoms with van der Waals surface area (Å²) in [5.74, 6) is 1.41. The van der Waals surface area contributed by atoms with Crippen molar-refractivity contribution >= 4 is 5.82 Å². The van der Waals surface area contributed by atoms with Gasteiger partial charge < -0.3 is 10.1 Å². The number of hydrogen-bond donors (Lipinski definition) is 1. The molecule has 0 saturated carbocycles. The van der Waals surface area contributed by atoms with Crippen molar-refractivity contribution in [3.63, 3.8) is 0 Å². The summed E-state index contributed by atoms with van der Waals surface area (Å²) in [7, 11) is 0. The SMILES string of the molecule is CCCc1c(NCC)ncnc1Oc1ccc(C)c(F)c1. The lowest BCUT2D eigenvalue weighted by molar-refractivity contribution is 0.449. The Hall–Kier alpha value is -2.17. The summed E-state index contributed by atoms with van der Waals surface area (Å²) in [6.07, 6.45) is 3.20. The Morgan fingerprint density at radius 1 is 1.24 bits per heavy atom. The lowest BCUT2D eigenvalue weighted by atomic mass is 10.1. The number of nitrogens with zero attached hydrogens (tertiary/aromatic N) is 2. The van der Waals surface area contributed by atoms with E-state index in [0.29, 0.717) is 17.2 Å². The molecule has 0 saturated heterocycles. The lowest BCUT2D eigenvalue weighted by Crippen LogP contribution is -2.06. The number of hydrogen-bond acceptors (Lipinski definition) is 4. The third kappa shape index (κ3) is 3.68. The molecule has 0 aliphatic carbocycles. The maximum absolute atomic E-state index is 13.6. The van der Waals surface area contributed by atoms with Crippen molar-refractivity contribution in [1.82, 2.24) is 9.97 Å². The second kappa shape index (κ2) is 7.02. The molecule has 21 heavy (non-hydrogen) atoms. The first-order valence-corrected chi connectivity index (χ1v) is 7.17. The van der Waals surface area contributed by atoms with Crippen LogP contribution in [0, 0.1) is 12.7 Å². The third-order valence-electron chi connectivity index (χ3n) is 3.11. The second-order valence-electron chi connectivity index (χ2n) is 4.80. The zero-order valence-corrected chi connectivity index (χ0v) is 12.6. The Balaban J connectivity index is 2.33. The van der Waals surface area contributed by atoms with E-state index in [1.165, 1.54) is 12.4 Å². The van der Waals surface area contributed by atoms with Crippen LogP contribution in [-0.4, -0.2) is 16.5 Å². The first-order chi connectivity index (χ1) is 10.2. The fourth-order valence-electron chi connectivity index (χ4n) is 2.03. The predicted octanol–water partition coefficient (Wildman–Crippen LogP) is 4.10. The molecule has 1 N–H and O–H groups in total. The number of rotatable bonds is 6. The number of halogens is 1. The number of ether oxygens (including phenoxy) is 1. The van der Waals surface area contributed by atoms with Crippen LogP contribution in [0.5, 0.6) is 11.6 Å². The van der Waals surface area contributed by atoms with Crippen LogP contribution in [0.2, 0.25) is 0 Å². The molecule has 5 heteroatoms. The highest BCUT2D eigenvalue weighted by Crippen LogP contribution is 2.28. The van der Waals surface area contributed by atoms with Crippen molar-refractivity contribution < 1.29 is 9.13 Å². The largest absolute Gasteiger partial charge is 0.438 e. The van der Waals surface area contributed by atoms with Gasteiger partial charge in [-0.25, -0.2) is 14.4 Å². The van der Waals surface area contributed by atoms with Gasteiger partial charge in [0.05, 0.1) is 5.56 Å². The van der Waals surface area contributed by atoms with Crippen LogP contribution in [0.25, 0.3) is 0 Å². The Kier molecular flexibility index (Phi) is 5.09. The van der Waals surface area contributed by atoms with Crippen molar-refractivity contribution in [2.24, 2.45) is 0 Å². The molecule has 0 radical (unpaired) electrons. The van der Waals surface area contributed by atoms with Gasteiger partial charge in [0.2, 0.25) is 5.88 Å². The van der Waals surface area contributed by atoms with E-state index in [1.807, 2.05) is 6.92 Å². The second-order valence-corrected chi connectivity index (χ2v) is 4.80. The maximum Gasteiger partial charge on any atom is 0.227 e. The Labute approximate surface area is 124 Å². The highest BCUT2D eigenvalue weighted by Gasteiger charge is 2.13. The van der Waals surface area contributed by atoms with E-state index in [0.717, 1.165) is 30.8 Å². The van der Waals surface area contributed by atoms with E-state index >= 15 is 0 Å². The van der Waals surface area contributed by atoms with E-state index in [-0.39, 0.29) is 5.82 Å². The standard InChI is InChI=1S/C16H20FN3O/c1-4-6-13-15(18-5-2)19-10-20-16(13)21-12-8-7-11(3)14(17)9-12/h7-10H,4-6H2,1-3H3,(H,18,19,20). The number of nitrogens with one attached hydrogen (secondary N) is 1. The monoisotopic (exact) mass is 289 g/mol. The van der Waals surface area contributed by atoms with E-state index in [1.54, 1.807) is 19.1 Å². The van der Waals surface area contributed by atoms with Gasteiger partial charge in [-0.3, -0.25) is 0 Å².